The fourth-order valence-electron chi connectivity index (χ4n) is 1.42. The number of amides is 1. The molecule has 0 saturated carbocycles. The van der Waals surface area contributed by atoms with Gasteiger partial charge in [-0.1, -0.05) is 11.6 Å². The maximum Gasteiger partial charge on any atom is 0.255 e. The Morgan fingerprint density at radius 3 is 2.67 bits per heavy atom. The Morgan fingerprint density at radius 2 is 2.00 bits per heavy atom. The smallest absolute Gasteiger partial charge is 0.255 e. The lowest BCUT2D eigenvalue weighted by Crippen LogP contribution is -2.12. The number of anilines is 1. The molecule has 0 aliphatic rings. The molecule has 1 aromatic carbocycles. The molecule has 1 aromatic heterocycles. The Bertz CT molecular complexity index is 620. The quantitative estimate of drug-likeness (QED) is 0.900. The summed E-state index contributed by atoms with van der Waals surface area (Å²) in [6.07, 6.45) is 3.05. The third-order valence-corrected chi connectivity index (χ3v) is 2.53. The summed E-state index contributed by atoms with van der Waals surface area (Å²) < 4.78 is 0. The highest BCUT2D eigenvalue weighted by atomic mass is 35.5. The molecule has 2 rings (SSSR count). The summed E-state index contributed by atoms with van der Waals surface area (Å²) in [6.45, 7) is 0. The van der Waals surface area contributed by atoms with Gasteiger partial charge in [0.2, 0.25) is 0 Å². The number of benzene rings is 1. The Morgan fingerprint density at radius 1 is 1.28 bits per heavy atom. The molecule has 2 aromatic rings. The van der Waals surface area contributed by atoms with Gasteiger partial charge in [-0.3, -0.25) is 9.78 Å². The molecule has 1 heterocycles. The van der Waals surface area contributed by atoms with Crippen molar-refractivity contribution >= 4 is 23.2 Å². The van der Waals surface area contributed by atoms with Crippen molar-refractivity contribution in [3.8, 4) is 6.07 Å². The van der Waals surface area contributed by atoms with Gasteiger partial charge < -0.3 is 5.32 Å². The fraction of sp³-hybridized carbons (Fsp3) is 0. The summed E-state index contributed by atoms with van der Waals surface area (Å²) in [5.41, 5.74) is 1.22. The first kappa shape index (κ1) is 12.1. The second-order valence-electron chi connectivity index (χ2n) is 3.49. The molecule has 0 spiro atoms. The number of nitrogens with zero attached hydrogens (tertiary/aromatic N) is 2. The van der Waals surface area contributed by atoms with Crippen LogP contribution in [-0.4, -0.2) is 10.9 Å². The minimum atomic E-state index is -0.309. The molecule has 0 bridgehead atoms. The van der Waals surface area contributed by atoms with Gasteiger partial charge in [-0.2, -0.15) is 5.26 Å². The van der Waals surface area contributed by atoms with E-state index in [0.29, 0.717) is 21.8 Å². The van der Waals surface area contributed by atoms with E-state index in [9.17, 15) is 4.79 Å². The third kappa shape index (κ3) is 2.65. The first-order valence-corrected chi connectivity index (χ1v) is 5.49. The summed E-state index contributed by atoms with van der Waals surface area (Å²) >= 11 is 5.83. The molecule has 88 valence electrons. The van der Waals surface area contributed by atoms with Crippen LogP contribution >= 0.6 is 11.6 Å². The average molecular weight is 258 g/mol. The van der Waals surface area contributed by atoms with Gasteiger partial charge in [-0.05, 0) is 30.3 Å². The molecular weight excluding hydrogens is 250 g/mol. The van der Waals surface area contributed by atoms with Crippen LogP contribution in [0.3, 0.4) is 0 Å². The molecule has 1 amide bonds. The number of pyridine rings is 1. The first-order valence-electron chi connectivity index (χ1n) is 5.12. The van der Waals surface area contributed by atoms with Crippen molar-refractivity contribution in [3.05, 3.63) is 58.9 Å². The van der Waals surface area contributed by atoms with Crippen LogP contribution in [0.15, 0.2) is 42.7 Å². The summed E-state index contributed by atoms with van der Waals surface area (Å²) in [7, 11) is 0. The maximum absolute atomic E-state index is 11.9. The number of hydrogen-bond donors (Lipinski definition) is 1. The zero-order valence-corrected chi connectivity index (χ0v) is 9.98. The number of halogens is 1. The summed E-state index contributed by atoms with van der Waals surface area (Å²) in [5.74, 6) is -0.309. The van der Waals surface area contributed by atoms with Crippen LogP contribution in [0.5, 0.6) is 0 Å². The second-order valence-corrected chi connectivity index (χ2v) is 3.93. The zero-order chi connectivity index (χ0) is 13.0. The molecule has 0 fully saturated rings. The Kier molecular flexibility index (Phi) is 3.56. The lowest BCUT2D eigenvalue weighted by atomic mass is 10.2. The number of carbonyl (C=O) groups excluding carboxylic acids is 1. The molecule has 4 nitrogen and oxygen atoms in total. The van der Waals surface area contributed by atoms with Gasteiger partial charge in [0.25, 0.3) is 5.91 Å². The number of aromatic nitrogens is 1. The van der Waals surface area contributed by atoms with Crippen molar-refractivity contribution in [3.63, 3.8) is 0 Å². The largest absolute Gasteiger partial charge is 0.321 e. The molecule has 5 heteroatoms. The fourth-order valence-corrected chi connectivity index (χ4v) is 1.59. The van der Waals surface area contributed by atoms with Gasteiger partial charge in [0.05, 0.1) is 11.3 Å². The van der Waals surface area contributed by atoms with Crippen molar-refractivity contribution in [1.82, 2.24) is 4.98 Å². The van der Waals surface area contributed by atoms with Crippen molar-refractivity contribution in [2.75, 3.05) is 5.32 Å². The highest BCUT2D eigenvalue weighted by molar-refractivity contribution is 6.31. The van der Waals surface area contributed by atoms with E-state index in [2.05, 4.69) is 10.3 Å². The molecule has 0 radical (unpaired) electrons. The minimum absolute atomic E-state index is 0.309. The van der Waals surface area contributed by atoms with Gasteiger partial charge in [-0.25, -0.2) is 0 Å². The van der Waals surface area contributed by atoms with E-state index in [0.717, 1.165) is 0 Å². The zero-order valence-electron chi connectivity index (χ0n) is 9.22. The van der Waals surface area contributed by atoms with Crippen LogP contribution in [0.4, 0.5) is 5.69 Å². The number of rotatable bonds is 2. The van der Waals surface area contributed by atoms with Crippen molar-refractivity contribution < 1.29 is 4.79 Å². The highest BCUT2D eigenvalue weighted by Crippen LogP contribution is 2.20. The van der Waals surface area contributed by atoms with E-state index in [4.69, 9.17) is 16.9 Å². The van der Waals surface area contributed by atoms with E-state index in [-0.39, 0.29) is 5.91 Å². The standard InChI is InChI=1S/C13H8ClN3O/c14-11-2-1-10(8-15)12(7-11)17-13(18)9-3-5-16-6-4-9/h1-7H,(H,17,18). The third-order valence-electron chi connectivity index (χ3n) is 2.29. The summed E-state index contributed by atoms with van der Waals surface area (Å²) in [6, 6.07) is 9.87. The molecule has 1 N–H and O–H groups in total. The molecule has 18 heavy (non-hydrogen) atoms. The van der Waals surface area contributed by atoms with Gasteiger partial charge in [0, 0.05) is 23.0 Å². The number of carbonyl (C=O) groups is 1. The number of hydrogen-bond acceptors (Lipinski definition) is 3. The van der Waals surface area contributed by atoms with Gasteiger partial charge in [0.1, 0.15) is 6.07 Å². The van der Waals surface area contributed by atoms with E-state index in [1.54, 1.807) is 30.3 Å². The molecule has 0 atom stereocenters. The summed E-state index contributed by atoms with van der Waals surface area (Å²) in [4.78, 5) is 15.7. The van der Waals surface area contributed by atoms with Crippen LogP contribution in [0.2, 0.25) is 5.02 Å². The normalized spacial score (nSPS) is 9.56. The summed E-state index contributed by atoms with van der Waals surface area (Å²) in [5, 5.41) is 12.0. The predicted octanol–water partition coefficient (Wildman–Crippen LogP) is 2.86. The maximum atomic E-state index is 11.9. The lowest BCUT2D eigenvalue weighted by Gasteiger charge is -2.07. The van der Waals surface area contributed by atoms with Gasteiger partial charge >= 0.3 is 0 Å². The minimum Gasteiger partial charge on any atom is -0.321 e. The topological polar surface area (TPSA) is 65.8 Å². The molecule has 0 unspecified atom stereocenters. The van der Waals surface area contributed by atoms with Crippen LogP contribution in [0, 0.1) is 11.3 Å². The Labute approximate surface area is 109 Å². The number of nitriles is 1. The average Bonchev–Trinajstić information content (AvgIpc) is 2.40. The first-order chi connectivity index (χ1) is 8.70. The predicted molar refractivity (Wildman–Crippen MR) is 68.4 cm³/mol. The van der Waals surface area contributed by atoms with Crippen LogP contribution in [0.1, 0.15) is 15.9 Å². The molecule has 0 aliphatic heterocycles. The van der Waals surface area contributed by atoms with Crippen molar-refractivity contribution in [2.24, 2.45) is 0 Å². The van der Waals surface area contributed by atoms with Crippen molar-refractivity contribution in [2.45, 2.75) is 0 Å². The van der Waals surface area contributed by atoms with Crippen LogP contribution in [-0.2, 0) is 0 Å². The number of nitrogens with one attached hydrogen (secondary N) is 1. The van der Waals surface area contributed by atoms with E-state index in [1.165, 1.54) is 12.4 Å². The highest BCUT2D eigenvalue weighted by Gasteiger charge is 2.09. The van der Waals surface area contributed by atoms with Gasteiger partial charge in [0.15, 0.2) is 0 Å². The van der Waals surface area contributed by atoms with E-state index >= 15 is 0 Å². The molecule has 0 aliphatic carbocycles. The van der Waals surface area contributed by atoms with E-state index < -0.39 is 0 Å². The monoisotopic (exact) mass is 257 g/mol. The lowest BCUT2D eigenvalue weighted by molar-refractivity contribution is 0.102. The van der Waals surface area contributed by atoms with Crippen LogP contribution in [0.25, 0.3) is 0 Å². The SMILES string of the molecule is N#Cc1ccc(Cl)cc1NC(=O)c1ccncc1. The molecule has 0 saturated heterocycles. The van der Waals surface area contributed by atoms with Crippen LogP contribution < -0.4 is 5.32 Å². The van der Waals surface area contributed by atoms with Gasteiger partial charge in [-0.15, -0.1) is 0 Å². The molecular formula is C13H8ClN3O. The van der Waals surface area contributed by atoms with E-state index in [1.807, 2.05) is 6.07 Å². The second kappa shape index (κ2) is 5.30. The Balaban J connectivity index is 2.28. The van der Waals surface area contributed by atoms with Crippen molar-refractivity contribution in [1.29, 1.82) is 5.26 Å². The Hall–Kier alpha value is -2.38.